The molecule has 2 unspecified atom stereocenters. The number of hydrogen-bond acceptors (Lipinski definition) is 5. The Kier molecular flexibility index (Phi) is 5.49. The highest BCUT2D eigenvalue weighted by Gasteiger charge is 2.33. The number of rotatable bonds is 6. The summed E-state index contributed by atoms with van der Waals surface area (Å²) in [6, 6.07) is 19.7. The van der Waals surface area contributed by atoms with Crippen molar-refractivity contribution in [2.45, 2.75) is 24.9 Å². The maximum absolute atomic E-state index is 13.4. The lowest BCUT2D eigenvalue weighted by atomic mass is 10.0. The SMILES string of the molecule is Cc1[nH]c2cc(OCc3ccccc3)ccc2c1C(=O)C1CSC(c2cccnc2)N1. The average molecular weight is 430 g/mol. The van der Waals surface area contributed by atoms with Gasteiger partial charge in [-0.25, -0.2) is 0 Å². The molecule has 3 heterocycles. The van der Waals surface area contributed by atoms with E-state index in [1.165, 1.54) is 0 Å². The van der Waals surface area contributed by atoms with Gasteiger partial charge in [-0.15, -0.1) is 11.8 Å². The number of carbonyl (C=O) groups is 1. The fourth-order valence-electron chi connectivity index (χ4n) is 3.98. The van der Waals surface area contributed by atoms with Crippen LogP contribution in [0, 0.1) is 6.92 Å². The number of Topliss-reactive ketones (excluding diaryl/α,β-unsaturated/α-hetero) is 1. The van der Waals surface area contributed by atoms with Gasteiger partial charge in [0.2, 0.25) is 0 Å². The summed E-state index contributed by atoms with van der Waals surface area (Å²) < 4.78 is 5.95. The molecule has 1 fully saturated rings. The van der Waals surface area contributed by atoms with Gasteiger partial charge in [-0.2, -0.15) is 0 Å². The number of nitrogens with zero attached hydrogens (tertiary/aromatic N) is 1. The van der Waals surface area contributed by atoms with Crippen molar-refractivity contribution in [2.24, 2.45) is 0 Å². The van der Waals surface area contributed by atoms with Gasteiger partial charge in [-0.05, 0) is 36.2 Å². The topological polar surface area (TPSA) is 67.0 Å². The Morgan fingerprint density at radius 2 is 2.03 bits per heavy atom. The van der Waals surface area contributed by atoms with E-state index < -0.39 is 0 Å². The molecule has 0 aliphatic carbocycles. The van der Waals surface area contributed by atoms with E-state index in [1.54, 1.807) is 18.0 Å². The summed E-state index contributed by atoms with van der Waals surface area (Å²) in [6.45, 7) is 2.47. The van der Waals surface area contributed by atoms with Crippen LogP contribution in [0.1, 0.15) is 32.6 Å². The summed E-state index contributed by atoms with van der Waals surface area (Å²) in [6.07, 6.45) is 3.62. The van der Waals surface area contributed by atoms with E-state index in [4.69, 9.17) is 4.74 Å². The van der Waals surface area contributed by atoms with Crippen molar-refractivity contribution in [1.82, 2.24) is 15.3 Å². The lowest BCUT2D eigenvalue weighted by Crippen LogP contribution is -2.34. The molecule has 2 atom stereocenters. The van der Waals surface area contributed by atoms with E-state index >= 15 is 0 Å². The number of fused-ring (bicyclic) bond motifs is 1. The van der Waals surface area contributed by atoms with Crippen LogP contribution in [0.5, 0.6) is 5.75 Å². The lowest BCUT2D eigenvalue weighted by molar-refractivity contribution is 0.0956. The smallest absolute Gasteiger partial charge is 0.183 e. The maximum atomic E-state index is 13.4. The van der Waals surface area contributed by atoms with Gasteiger partial charge in [0.05, 0.1) is 16.9 Å². The van der Waals surface area contributed by atoms with Crippen LogP contribution >= 0.6 is 11.8 Å². The molecular formula is C25H23N3O2S. The molecule has 5 rings (SSSR count). The summed E-state index contributed by atoms with van der Waals surface area (Å²) in [7, 11) is 0. The van der Waals surface area contributed by atoms with Gasteiger partial charge in [0.1, 0.15) is 12.4 Å². The molecule has 1 aliphatic heterocycles. The number of ether oxygens (including phenoxy) is 1. The number of nitrogens with one attached hydrogen (secondary N) is 2. The first-order chi connectivity index (χ1) is 15.2. The number of aromatic nitrogens is 2. The Balaban J connectivity index is 1.34. The van der Waals surface area contributed by atoms with E-state index in [9.17, 15) is 4.79 Å². The van der Waals surface area contributed by atoms with E-state index in [-0.39, 0.29) is 17.2 Å². The Bertz CT molecular complexity index is 1210. The predicted octanol–water partition coefficient (Wildman–Crippen LogP) is 5.04. The van der Waals surface area contributed by atoms with Crippen molar-refractivity contribution in [3.05, 3.63) is 95.4 Å². The highest BCUT2D eigenvalue weighted by atomic mass is 32.2. The highest BCUT2D eigenvalue weighted by molar-refractivity contribution is 7.99. The van der Waals surface area contributed by atoms with Gasteiger partial charge >= 0.3 is 0 Å². The van der Waals surface area contributed by atoms with Crippen LogP contribution in [0.4, 0.5) is 0 Å². The summed E-state index contributed by atoms with van der Waals surface area (Å²) in [4.78, 5) is 20.9. The average Bonchev–Trinajstić information content (AvgIpc) is 3.42. The van der Waals surface area contributed by atoms with Crippen molar-refractivity contribution >= 4 is 28.4 Å². The molecular weight excluding hydrogens is 406 g/mol. The molecule has 1 saturated heterocycles. The van der Waals surface area contributed by atoms with Crippen molar-refractivity contribution in [2.75, 3.05) is 5.75 Å². The molecule has 5 nitrogen and oxygen atoms in total. The quantitative estimate of drug-likeness (QED) is 0.421. The van der Waals surface area contributed by atoms with Gasteiger partial charge in [0.25, 0.3) is 0 Å². The molecule has 2 aromatic heterocycles. The first-order valence-electron chi connectivity index (χ1n) is 10.3. The third kappa shape index (κ3) is 4.09. The van der Waals surface area contributed by atoms with Crippen LogP contribution < -0.4 is 10.1 Å². The number of pyridine rings is 1. The zero-order valence-corrected chi connectivity index (χ0v) is 18.0. The van der Waals surface area contributed by atoms with Crippen molar-refractivity contribution in [3.8, 4) is 5.75 Å². The molecule has 6 heteroatoms. The zero-order valence-electron chi connectivity index (χ0n) is 17.2. The molecule has 4 aromatic rings. The Morgan fingerprint density at radius 3 is 2.84 bits per heavy atom. The molecule has 31 heavy (non-hydrogen) atoms. The molecule has 0 amide bonds. The van der Waals surface area contributed by atoms with Crippen LogP contribution in [-0.4, -0.2) is 27.5 Å². The standard InChI is InChI=1S/C25H23N3O2S/c1-16-23(24(29)22-15-31-25(28-22)18-8-5-11-26-13-18)20-10-9-19(12-21(20)27-16)30-14-17-6-3-2-4-7-17/h2-13,22,25,27-28H,14-15H2,1H3. The number of aryl methyl sites for hydroxylation is 1. The third-order valence-electron chi connectivity index (χ3n) is 5.54. The van der Waals surface area contributed by atoms with Gasteiger partial charge in [0.15, 0.2) is 5.78 Å². The molecule has 156 valence electrons. The summed E-state index contributed by atoms with van der Waals surface area (Å²) >= 11 is 1.75. The molecule has 2 aromatic carbocycles. The summed E-state index contributed by atoms with van der Waals surface area (Å²) in [5.41, 5.74) is 4.78. The fraction of sp³-hybridized carbons (Fsp3) is 0.200. The second kappa shape index (κ2) is 8.57. The van der Waals surface area contributed by atoms with Crippen molar-refractivity contribution < 1.29 is 9.53 Å². The number of thioether (sulfide) groups is 1. The number of aromatic amines is 1. The first-order valence-corrected chi connectivity index (χ1v) is 11.3. The van der Waals surface area contributed by atoms with E-state index in [1.807, 2.05) is 73.8 Å². The molecule has 0 spiro atoms. The van der Waals surface area contributed by atoms with Gasteiger partial charge < -0.3 is 9.72 Å². The molecule has 2 N–H and O–H groups in total. The molecule has 0 radical (unpaired) electrons. The Labute approximate surface area is 185 Å². The minimum absolute atomic E-state index is 0.0890. The van der Waals surface area contributed by atoms with E-state index in [0.717, 1.165) is 44.8 Å². The Hall–Kier alpha value is -3.09. The van der Waals surface area contributed by atoms with Crippen LogP contribution in [0.25, 0.3) is 10.9 Å². The number of carbonyl (C=O) groups excluding carboxylic acids is 1. The predicted molar refractivity (Wildman–Crippen MR) is 124 cm³/mol. The summed E-state index contributed by atoms with van der Waals surface area (Å²) in [5, 5.41) is 4.50. The second-order valence-corrected chi connectivity index (χ2v) is 8.83. The lowest BCUT2D eigenvalue weighted by Gasteiger charge is -2.13. The number of ketones is 1. The monoisotopic (exact) mass is 429 g/mol. The second-order valence-electron chi connectivity index (χ2n) is 7.69. The molecule has 0 saturated carbocycles. The van der Waals surface area contributed by atoms with E-state index in [0.29, 0.717) is 6.61 Å². The largest absolute Gasteiger partial charge is 0.489 e. The fourth-order valence-corrected chi connectivity index (χ4v) is 5.20. The van der Waals surface area contributed by atoms with Gasteiger partial charge in [-0.3, -0.25) is 15.1 Å². The van der Waals surface area contributed by atoms with Crippen LogP contribution in [0.15, 0.2) is 73.1 Å². The number of H-pyrrole nitrogens is 1. The van der Waals surface area contributed by atoms with Crippen LogP contribution in [0.2, 0.25) is 0 Å². The van der Waals surface area contributed by atoms with Gasteiger partial charge in [-0.1, -0.05) is 36.4 Å². The summed E-state index contributed by atoms with van der Waals surface area (Å²) in [5.74, 6) is 1.64. The zero-order chi connectivity index (χ0) is 21.2. The van der Waals surface area contributed by atoms with Crippen LogP contribution in [0.3, 0.4) is 0 Å². The van der Waals surface area contributed by atoms with E-state index in [2.05, 4.69) is 15.3 Å². The van der Waals surface area contributed by atoms with Gasteiger partial charge in [0, 0.05) is 40.9 Å². The molecule has 1 aliphatic rings. The maximum Gasteiger partial charge on any atom is 0.183 e. The number of benzene rings is 2. The first kappa shape index (κ1) is 19.8. The number of hydrogen-bond donors (Lipinski definition) is 2. The van der Waals surface area contributed by atoms with Crippen molar-refractivity contribution in [3.63, 3.8) is 0 Å². The molecule has 0 bridgehead atoms. The minimum Gasteiger partial charge on any atom is -0.489 e. The Morgan fingerprint density at radius 1 is 1.16 bits per heavy atom. The van der Waals surface area contributed by atoms with Crippen molar-refractivity contribution in [1.29, 1.82) is 0 Å². The third-order valence-corrected chi connectivity index (χ3v) is 6.81. The van der Waals surface area contributed by atoms with Crippen LogP contribution in [-0.2, 0) is 6.61 Å². The normalized spacial score (nSPS) is 18.4. The minimum atomic E-state index is -0.220. The highest BCUT2D eigenvalue weighted by Crippen LogP contribution is 2.35.